The summed E-state index contributed by atoms with van der Waals surface area (Å²) in [6.07, 6.45) is 45.2. The van der Waals surface area contributed by atoms with Gasteiger partial charge in [-0.2, -0.15) is 0 Å². The van der Waals surface area contributed by atoms with Gasteiger partial charge in [0, 0.05) is 6.42 Å². The number of rotatable bonds is 35. The molecule has 9 heteroatoms. The number of carbonyl (C=O) groups is 1. The van der Waals surface area contributed by atoms with E-state index in [0.29, 0.717) is 17.4 Å². The van der Waals surface area contributed by atoms with Crippen LogP contribution in [0.3, 0.4) is 0 Å². The lowest BCUT2D eigenvalue weighted by Gasteiger charge is -2.29. The summed E-state index contributed by atoms with van der Waals surface area (Å²) in [5.74, 6) is -0.259. The fourth-order valence-corrected chi connectivity index (χ4v) is 5.91. The molecule has 0 aliphatic heterocycles. The third-order valence-electron chi connectivity index (χ3n) is 8.42. The van der Waals surface area contributed by atoms with Crippen molar-refractivity contribution in [3.63, 3.8) is 0 Å². The number of quaternary nitrogens is 1. The number of hydrogen-bond acceptors (Lipinski definition) is 6. The maximum atomic E-state index is 12.8. The van der Waals surface area contributed by atoms with E-state index in [-0.39, 0.29) is 18.9 Å². The Morgan fingerprint density at radius 2 is 1.17 bits per heavy atom. The number of amides is 1. The lowest BCUT2D eigenvalue weighted by Crippen LogP contribution is -2.45. The molecule has 0 aliphatic rings. The second-order valence-electron chi connectivity index (χ2n) is 14.6. The fourth-order valence-electron chi connectivity index (χ4n) is 5.19. The molecule has 0 rings (SSSR count). The summed E-state index contributed by atoms with van der Waals surface area (Å²) < 4.78 is 23.1. The Morgan fingerprint density at radius 3 is 1.69 bits per heavy atom. The van der Waals surface area contributed by atoms with Gasteiger partial charge < -0.3 is 28.8 Å². The van der Waals surface area contributed by atoms with E-state index in [0.717, 1.165) is 57.8 Å². The van der Waals surface area contributed by atoms with Crippen LogP contribution in [0.2, 0.25) is 0 Å². The highest BCUT2D eigenvalue weighted by Gasteiger charge is 2.23. The number of hydrogen-bond donors (Lipinski definition) is 2. The van der Waals surface area contributed by atoms with Crippen molar-refractivity contribution < 1.29 is 32.9 Å². The van der Waals surface area contributed by atoms with Crippen molar-refractivity contribution in [3.8, 4) is 0 Å². The first-order chi connectivity index (χ1) is 25.0. The lowest BCUT2D eigenvalue weighted by molar-refractivity contribution is -0.870. The number of unbranched alkanes of at least 4 members (excludes halogenated alkanes) is 12. The minimum Gasteiger partial charge on any atom is -0.756 e. The Balaban J connectivity index is 4.62. The van der Waals surface area contributed by atoms with Crippen molar-refractivity contribution >= 4 is 13.7 Å². The molecule has 0 aromatic heterocycles. The zero-order valence-electron chi connectivity index (χ0n) is 33.7. The fraction of sp³-hybridized carbons (Fsp3) is 0.698. The van der Waals surface area contributed by atoms with Gasteiger partial charge in [0.25, 0.3) is 7.82 Å². The Bertz CT molecular complexity index is 1080. The summed E-state index contributed by atoms with van der Waals surface area (Å²) in [6, 6.07) is -0.918. The SMILES string of the molecule is CC/C=C\C/C=C\C/C=C\C/C=C\C/C=C\CCCC(=O)NC(COP(=O)([O-])OCC[N+](C)(C)C)[C@H](O)/C=C/CCCCCCCCCCCCC. The molecule has 0 heterocycles. The van der Waals surface area contributed by atoms with Gasteiger partial charge in [0.15, 0.2) is 0 Å². The van der Waals surface area contributed by atoms with Gasteiger partial charge in [0.05, 0.1) is 39.9 Å². The highest BCUT2D eigenvalue weighted by Crippen LogP contribution is 2.38. The standard InChI is InChI=1S/C43H77N2O6P/c1-6-8-10-12-14-16-18-20-21-22-23-25-27-29-31-33-35-37-43(47)44-41(40-51-52(48,49)50-39-38-45(3,4)5)42(46)36-34-32-30-28-26-24-19-17-15-13-11-9-7-2/h8,10,14,16,20-21,23,25,29,31,34,36,41-42,46H,6-7,9,11-13,15,17-19,22,24,26-28,30,32-33,35,37-40H2,1-5H3,(H-,44,47,48,49)/b10-8-,16-14-,21-20-,25-23-,31-29-,36-34+/t41?,42-/m1/s1. The second-order valence-corrected chi connectivity index (χ2v) is 16.0. The zero-order valence-corrected chi connectivity index (χ0v) is 34.6. The van der Waals surface area contributed by atoms with E-state index in [1.807, 2.05) is 27.2 Å². The minimum absolute atomic E-state index is 0.0154. The monoisotopic (exact) mass is 749 g/mol. The predicted molar refractivity (Wildman–Crippen MR) is 219 cm³/mol. The van der Waals surface area contributed by atoms with Crippen molar-refractivity contribution in [2.24, 2.45) is 0 Å². The lowest BCUT2D eigenvalue weighted by atomic mass is 10.0. The molecular weight excluding hydrogens is 671 g/mol. The average Bonchev–Trinajstić information content (AvgIpc) is 3.09. The summed E-state index contributed by atoms with van der Waals surface area (Å²) >= 11 is 0. The molecule has 0 bridgehead atoms. The van der Waals surface area contributed by atoms with Crippen molar-refractivity contribution in [1.82, 2.24) is 5.32 Å². The third-order valence-corrected chi connectivity index (χ3v) is 9.39. The molecule has 0 radical (unpaired) electrons. The van der Waals surface area contributed by atoms with Crippen LogP contribution >= 0.6 is 7.82 Å². The third kappa shape index (κ3) is 36.3. The van der Waals surface area contributed by atoms with E-state index in [2.05, 4.69) is 79.9 Å². The Morgan fingerprint density at radius 1 is 0.692 bits per heavy atom. The Hall–Kier alpha value is -2.06. The zero-order chi connectivity index (χ0) is 38.6. The molecule has 0 saturated heterocycles. The maximum absolute atomic E-state index is 12.8. The van der Waals surface area contributed by atoms with Gasteiger partial charge in [-0.3, -0.25) is 9.36 Å². The van der Waals surface area contributed by atoms with Crippen LogP contribution in [0.4, 0.5) is 0 Å². The molecule has 0 fully saturated rings. The van der Waals surface area contributed by atoms with Crippen LogP contribution in [-0.4, -0.2) is 68.5 Å². The molecule has 1 amide bonds. The van der Waals surface area contributed by atoms with Gasteiger partial charge >= 0.3 is 0 Å². The topological polar surface area (TPSA) is 108 Å². The quantitative estimate of drug-likeness (QED) is 0.0289. The van der Waals surface area contributed by atoms with Crippen LogP contribution in [0.15, 0.2) is 72.9 Å². The first kappa shape index (κ1) is 49.9. The molecule has 2 N–H and O–H groups in total. The summed E-state index contributed by atoms with van der Waals surface area (Å²) in [5.41, 5.74) is 0. The Labute approximate surface area is 319 Å². The van der Waals surface area contributed by atoms with Crippen LogP contribution < -0.4 is 10.2 Å². The summed E-state index contributed by atoms with van der Waals surface area (Å²) in [4.78, 5) is 25.2. The first-order valence-corrected chi connectivity index (χ1v) is 21.8. The summed E-state index contributed by atoms with van der Waals surface area (Å²) in [6.45, 7) is 4.45. The van der Waals surface area contributed by atoms with E-state index in [1.54, 1.807) is 6.08 Å². The van der Waals surface area contributed by atoms with Crippen LogP contribution in [0.5, 0.6) is 0 Å². The number of phosphoric acid groups is 1. The number of likely N-dealkylation sites (N-methyl/N-ethyl adjacent to an activating group) is 1. The molecule has 2 unspecified atom stereocenters. The normalized spacial score (nSPS) is 15.3. The van der Waals surface area contributed by atoms with E-state index in [4.69, 9.17) is 9.05 Å². The first-order valence-electron chi connectivity index (χ1n) is 20.3. The van der Waals surface area contributed by atoms with Crippen molar-refractivity contribution in [2.75, 3.05) is 40.9 Å². The average molecular weight is 749 g/mol. The van der Waals surface area contributed by atoms with Crippen LogP contribution in [0.25, 0.3) is 0 Å². The van der Waals surface area contributed by atoms with Crippen LogP contribution in [0, 0.1) is 0 Å². The number of carbonyl (C=O) groups excluding carboxylic acids is 1. The van der Waals surface area contributed by atoms with Crippen LogP contribution in [0.1, 0.15) is 142 Å². The number of allylic oxidation sites excluding steroid dienone is 11. The maximum Gasteiger partial charge on any atom is 0.268 e. The van der Waals surface area contributed by atoms with Crippen molar-refractivity contribution in [1.29, 1.82) is 0 Å². The van der Waals surface area contributed by atoms with Gasteiger partial charge in [0.1, 0.15) is 13.2 Å². The minimum atomic E-state index is -4.60. The van der Waals surface area contributed by atoms with Gasteiger partial charge in [0.2, 0.25) is 5.91 Å². The largest absolute Gasteiger partial charge is 0.756 e. The van der Waals surface area contributed by atoms with Crippen LogP contribution in [-0.2, 0) is 18.4 Å². The molecule has 0 aromatic rings. The number of aliphatic hydroxyl groups excluding tert-OH is 1. The molecule has 0 spiro atoms. The van der Waals surface area contributed by atoms with E-state index in [1.165, 1.54) is 57.8 Å². The van der Waals surface area contributed by atoms with E-state index >= 15 is 0 Å². The highest BCUT2D eigenvalue weighted by atomic mass is 31.2. The number of nitrogens with zero attached hydrogens (tertiary/aromatic N) is 1. The second kappa shape index (κ2) is 34.7. The van der Waals surface area contributed by atoms with Crippen molar-refractivity contribution in [2.45, 2.75) is 154 Å². The van der Waals surface area contributed by atoms with E-state index < -0.39 is 26.6 Å². The molecule has 3 atom stereocenters. The van der Waals surface area contributed by atoms with E-state index in [9.17, 15) is 19.4 Å². The number of aliphatic hydroxyl groups is 1. The molecular formula is C43H77N2O6P. The number of nitrogens with one attached hydrogen (secondary N) is 1. The molecule has 0 aromatic carbocycles. The predicted octanol–water partition coefficient (Wildman–Crippen LogP) is 10.2. The molecule has 52 heavy (non-hydrogen) atoms. The Kier molecular flexibility index (Phi) is 33.3. The highest BCUT2D eigenvalue weighted by molar-refractivity contribution is 7.45. The van der Waals surface area contributed by atoms with Gasteiger partial charge in [-0.25, -0.2) is 0 Å². The smallest absolute Gasteiger partial charge is 0.268 e. The number of phosphoric ester groups is 1. The van der Waals surface area contributed by atoms with Crippen molar-refractivity contribution in [3.05, 3.63) is 72.9 Å². The van der Waals surface area contributed by atoms with Gasteiger partial charge in [-0.1, -0.05) is 151 Å². The molecule has 300 valence electrons. The van der Waals surface area contributed by atoms with Gasteiger partial charge in [-0.05, 0) is 57.8 Å². The summed E-state index contributed by atoms with van der Waals surface area (Å²) in [7, 11) is 1.21. The molecule has 0 aliphatic carbocycles. The molecule has 0 saturated carbocycles. The van der Waals surface area contributed by atoms with Gasteiger partial charge in [-0.15, -0.1) is 0 Å². The summed E-state index contributed by atoms with van der Waals surface area (Å²) in [5, 5.41) is 13.7. The molecule has 8 nitrogen and oxygen atoms in total.